The minimum atomic E-state index is -0.633. The van der Waals surface area contributed by atoms with Crippen LogP contribution < -0.4 is 10.3 Å². The van der Waals surface area contributed by atoms with E-state index in [4.69, 9.17) is 27.6 Å². The first-order chi connectivity index (χ1) is 14.4. The second kappa shape index (κ2) is 7.01. The van der Waals surface area contributed by atoms with E-state index < -0.39 is 6.04 Å². The third-order valence-corrected chi connectivity index (χ3v) is 5.78. The third kappa shape index (κ3) is 2.92. The molecular weight excluding hydrogens is 421 g/mol. The van der Waals surface area contributed by atoms with Crippen LogP contribution in [0.15, 0.2) is 75.9 Å². The minimum absolute atomic E-state index is 0.0420. The maximum Gasteiger partial charge on any atom is 0.295 e. The van der Waals surface area contributed by atoms with Gasteiger partial charge in [0.2, 0.25) is 5.76 Å². The average Bonchev–Trinajstić information content (AvgIpc) is 3.02. The predicted molar refractivity (Wildman–Crippen MR) is 119 cm³/mol. The molecule has 2 heterocycles. The molecule has 0 radical (unpaired) electrons. The molecule has 1 unspecified atom stereocenters. The van der Waals surface area contributed by atoms with Crippen molar-refractivity contribution in [2.45, 2.75) is 13.0 Å². The Morgan fingerprint density at radius 1 is 0.900 bits per heavy atom. The molecule has 4 nitrogen and oxygen atoms in total. The van der Waals surface area contributed by atoms with Crippen LogP contribution in [-0.2, 0) is 0 Å². The Labute approximate surface area is 182 Å². The van der Waals surface area contributed by atoms with Crippen molar-refractivity contribution in [3.05, 3.63) is 109 Å². The van der Waals surface area contributed by atoms with Crippen molar-refractivity contribution in [1.29, 1.82) is 0 Å². The molecule has 0 fully saturated rings. The van der Waals surface area contributed by atoms with E-state index >= 15 is 0 Å². The second-order valence-corrected chi connectivity index (χ2v) is 8.16. The summed E-state index contributed by atoms with van der Waals surface area (Å²) >= 11 is 12.3. The summed E-state index contributed by atoms with van der Waals surface area (Å²) in [6.07, 6.45) is 0. The number of benzene rings is 3. The molecular formula is C24H15Cl2NO3. The lowest BCUT2D eigenvalue weighted by Gasteiger charge is -2.25. The zero-order valence-electron chi connectivity index (χ0n) is 15.9. The lowest BCUT2D eigenvalue weighted by atomic mass is 9.97. The van der Waals surface area contributed by atoms with Crippen molar-refractivity contribution in [2.75, 3.05) is 4.90 Å². The van der Waals surface area contributed by atoms with E-state index in [2.05, 4.69) is 0 Å². The Morgan fingerprint density at radius 3 is 2.37 bits per heavy atom. The fourth-order valence-electron chi connectivity index (χ4n) is 3.90. The molecule has 1 aromatic heterocycles. The van der Waals surface area contributed by atoms with Crippen LogP contribution >= 0.6 is 23.2 Å². The second-order valence-electron chi connectivity index (χ2n) is 7.28. The highest BCUT2D eigenvalue weighted by Crippen LogP contribution is 2.41. The average molecular weight is 436 g/mol. The quantitative estimate of drug-likeness (QED) is 0.378. The summed E-state index contributed by atoms with van der Waals surface area (Å²) in [5.74, 6) is -0.341. The third-order valence-electron chi connectivity index (χ3n) is 5.31. The van der Waals surface area contributed by atoms with Gasteiger partial charge in [0.25, 0.3) is 5.91 Å². The van der Waals surface area contributed by atoms with Crippen molar-refractivity contribution < 1.29 is 9.21 Å². The first-order valence-corrected chi connectivity index (χ1v) is 10.1. The molecule has 1 aliphatic heterocycles. The molecule has 0 spiro atoms. The molecule has 0 saturated heterocycles. The van der Waals surface area contributed by atoms with Gasteiger partial charge in [-0.05, 0) is 48.9 Å². The molecule has 5 rings (SSSR count). The van der Waals surface area contributed by atoms with Crippen molar-refractivity contribution in [3.63, 3.8) is 0 Å². The number of carbonyl (C=O) groups excluding carboxylic acids is 1. The van der Waals surface area contributed by atoms with Gasteiger partial charge in [-0.25, -0.2) is 0 Å². The van der Waals surface area contributed by atoms with Crippen LogP contribution in [0.5, 0.6) is 0 Å². The van der Waals surface area contributed by atoms with E-state index in [-0.39, 0.29) is 17.1 Å². The monoisotopic (exact) mass is 435 g/mol. The van der Waals surface area contributed by atoms with Crippen LogP contribution in [0.25, 0.3) is 11.0 Å². The SMILES string of the molecule is Cc1ccc(C2c3c(oc4ccc(Cl)cc4c3=O)C(=O)N2c2cccc(Cl)c2)cc1. The molecule has 0 aliphatic carbocycles. The van der Waals surface area contributed by atoms with Crippen molar-refractivity contribution in [1.82, 2.24) is 0 Å². The first kappa shape index (κ1) is 18.9. The van der Waals surface area contributed by atoms with Crippen LogP contribution in [0.4, 0.5) is 5.69 Å². The van der Waals surface area contributed by atoms with Gasteiger partial charge in [0.15, 0.2) is 5.43 Å². The summed E-state index contributed by atoms with van der Waals surface area (Å²) in [4.78, 5) is 28.5. The summed E-state index contributed by atoms with van der Waals surface area (Å²) < 4.78 is 5.93. The normalized spacial score (nSPS) is 15.6. The highest BCUT2D eigenvalue weighted by molar-refractivity contribution is 6.31. The van der Waals surface area contributed by atoms with Gasteiger partial charge in [-0.3, -0.25) is 14.5 Å². The molecule has 148 valence electrons. The van der Waals surface area contributed by atoms with Gasteiger partial charge in [-0.15, -0.1) is 0 Å². The molecule has 3 aromatic carbocycles. The minimum Gasteiger partial charge on any atom is -0.450 e. The molecule has 1 amide bonds. The van der Waals surface area contributed by atoms with E-state index in [1.807, 2.05) is 31.2 Å². The lowest BCUT2D eigenvalue weighted by Crippen LogP contribution is -2.29. The smallest absolute Gasteiger partial charge is 0.295 e. The first-order valence-electron chi connectivity index (χ1n) is 9.36. The topological polar surface area (TPSA) is 50.5 Å². The van der Waals surface area contributed by atoms with Crippen LogP contribution in [0.2, 0.25) is 10.0 Å². The highest BCUT2D eigenvalue weighted by atomic mass is 35.5. The number of halogens is 2. The van der Waals surface area contributed by atoms with E-state index in [0.717, 1.165) is 11.1 Å². The van der Waals surface area contributed by atoms with Crippen LogP contribution in [0, 0.1) is 6.92 Å². The summed E-state index contributed by atoms with van der Waals surface area (Å²) in [6.45, 7) is 1.98. The van der Waals surface area contributed by atoms with Gasteiger partial charge in [-0.1, -0.05) is 59.1 Å². The van der Waals surface area contributed by atoms with Gasteiger partial charge in [0.05, 0.1) is 17.0 Å². The van der Waals surface area contributed by atoms with Gasteiger partial charge in [0, 0.05) is 15.7 Å². The Bertz CT molecular complexity index is 1380. The highest BCUT2D eigenvalue weighted by Gasteiger charge is 2.43. The zero-order valence-corrected chi connectivity index (χ0v) is 17.4. The van der Waals surface area contributed by atoms with Gasteiger partial charge in [-0.2, -0.15) is 0 Å². The maximum absolute atomic E-state index is 13.5. The number of nitrogens with zero attached hydrogens (tertiary/aromatic N) is 1. The number of amides is 1. The number of fused-ring (bicyclic) bond motifs is 2. The molecule has 1 atom stereocenters. The molecule has 0 N–H and O–H groups in total. The number of hydrogen-bond acceptors (Lipinski definition) is 3. The van der Waals surface area contributed by atoms with E-state index in [1.54, 1.807) is 47.4 Å². The molecule has 0 saturated carbocycles. The molecule has 30 heavy (non-hydrogen) atoms. The van der Waals surface area contributed by atoms with Crippen LogP contribution in [0.3, 0.4) is 0 Å². The summed E-state index contributed by atoms with van der Waals surface area (Å²) in [5, 5.41) is 1.27. The Morgan fingerprint density at radius 2 is 1.63 bits per heavy atom. The Balaban J connectivity index is 1.83. The van der Waals surface area contributed by atoms with E-state index in [1.165, 1.54) is 0 Å². The fourth-order valence-corrected chi connectivity index (χ4v) is 4.26. The van der Waals surface area contributed by atoms with Crippen molar-refractivity contribution in [2.24, 2.45) is 0 Å². The van der Waals surface area contributed by atoms with Crippen molar-refractivity contribution in [3.8, 4) is 0 Å². The van der Waals surface area contributed by atoms with Gasteiger partial charge in [0.1, 0.15) is 5.58 Å². The summed E-state index contributed by atoms with van der Waals surface area (Å²) in [7, 11) is 0. The lowest BCUT2D eigenvalue weighted by molar-refractivity contribution is 0.0971. The molecule has 4 aromatic rings. The summed E-state index contributed by atoms with van der Waals surface area (Å²) in [6, 6.07) is 18.9. The Kier molecular flexibility index (Phi) is 4.42. The molecule has 6 heteroatoms. The summed E-state index contributed by atoms with van der Waals surface area (Å²) in [5.41, 5.74) is 2.84. The van der Waals surface area contributed by atoms with E-state index in [9.17, 15) is 9.59 Å². The number of carbonyl (C=O) groups is 1. The fraction of sp³-hybridized carbons (Fsp3) is 0.0833. The molecule has 0 bridgehead atoms. The predicted octanol–water partition coefficient (Wildman–Crippen LogP) is 6.16. The van der Waals surface area contributed by atoms with Crippen molar-refractivity contribution >= 4 is 45.8 Å². The number of aryl methyl sites for hydroxylation is 1. The Hall–Kier alpha value is -3.08. The zero-order chi connectivity index (χ0) is 21.0. The number of anilines is 1. The van der Waals surface area contributed by atoms with Crippen LogP contribution in [-0.4, -0.2) is 5.91 Å². The largest absolute Gasteiger partial charge is 0.450 e. The molecule has 1 aliphatic rings. The van der Waals surface area contributed by atoms with Crippen LogP contribution in [0.1, 0.15) is 33.3 Å². The standard InChI is InChI=1S/C24H15Cl2NO3/c1-13-5-7-14(8-6-13)21-20-22(28)18-12-16(26)9-10-19(18)30-23(20)24(29)27(21)17-4-2-3-15(25)11-17/h2-12,21H,1H3. The maximum atomic E-state index is 13.5. The van der Waals surface area contributed by atoms with Gasteiger partial charge < -0.3 is 4.42 Å². The van der Waals surface area contributed by atoms with E-state index in [0.29, 0.717) is 32.3 Å². The number of hydrogen-bond donors (Lipinski definition) is 0. The number of rotatable bonds is 2. The van der Waals surface area contributed by atoms with Gasteiger partial charge >= 0.3 is 0 Å².